The normalized spacial score (nSPS) is 18.1. The molecule has 2 rings (SSSR count). The van der Waals surface area contributed by atoms with E-state index in [2.05, 4.69) is 5.32 Å². The van der Waals surface area contributed by atoms with Gasteiger partial charge in [0.25, 0.3) is 5.91 Å². The van der Waals surface area contributed by atoms with E-state index >= 15 is 0 Å². The Kier molecular flexibility index (Phi) is 4.61. The number of ether oxygens (including phenoxy) is 2. The molecule has 5 nitrogen and oxygen atoms in total. The molecule has 0 bridgehead atoms. The molecule has 1 saturated heterocycles. The van der Waals surface area contributed by atoms with Crippen molar-refractivity contribution in [3.05, 3.63) is 29.8 Å². The Bertz CT molecular complexity index is 481. The van der Waals surface area contributed by atoms with Gasteiger partial charge in [0.2, 0.25) is 0 Å². The maximum absolute atomic E-state index is 11.3. The van der Waals surface area contributed by atoms with Gasteiger partial charge in [-0.3, -0.25) is 10.1 Å². The van der Waals surface area contributed by atoms with Crippen LogP contribution in [0, 0.1) is 0 Å². The van der Waals surface area contributed by atoms with Gasteiger partial charge in [-0.15, -0.1) is 0 Å². The Labute approximate surface area is 118 Å². The van der Waals surface area contributed by atoms with Gasteiger partial charge in [0.05, 0.1) is 6.10 Å². The van der Waals surface area contributed by atoms with Crippen LogP contribution in [0.5, 0.6) is 5.75 Å². The number of alkyl carbamates (subject to hydrolysis) is 1. The zero-order valence-corrected chi connectivity index (χ0v) is 11.7. The maximum Gasteiger partial charge on any atom is 0.414 e. The van der Waals surface area contributed by atoms with Crippen LogP contribution in [0.2, 0.25) is 0 Å². The van der Waals surface area contributed by atoms with Crippen LogP contribution in [0.4, 0.5) is 4.79 Å². The van der Waals surface area contributed by atoms with Crippen molar-refractivity contribution in [3.8, 4) is 5.75 Å². The maximum atomic E-state index is 11.3. The summed E-state index contributed by atoms with van der Waals surface area (Å²) in [4.78, 5) is 22.2. The van der Waals surface area contributed by atoms with Gasteiger partial charge in [-0.25, -0.2) is 4.79 Å². The largest absolute Gasteiger partial charge is 0.491 e. The van der Waals surface area contributed by atoms with Gasteiger partial charge in [0, 0.05) is 0 Å². The molecule has 0 saturated carbocycles. The first-order valence-electron chi connectivity index (χ1n) is 6.81. The Balaban J connectivity index is 1.77. The summed E-state index contributed by atoms with van der Waals surface area (Å²) in [6, 6.07) is 7.91. The second kappa shape index (κ2) is 6.41. The molecule has 0 aromatic heterocycles. The second-order valence-corrected chi connectivity index (χ2v) is 5.09. The van der Waals surface area contributed by atoms with Crippen molar-refractivity contribution < 1.29 is 19.1 Å². The average Bonchev–Trinajstić information content (AvgIpc) is 2.69. The van der Waals surface area contributed by atoms with E-state index in [-0.39, 0.29) is 12.0 Å². The lowest BCUT2D eigenvalue weighted by Gasteiger charge is -2.10. The molecule has 0 unspecified atom stereocenters. The van der Waals surface area contributed by atoms with Gasteiger partial charge in [-0.2, -0.15) is 0 Å². The molecule has 0 aliphatic carbocycles. The molecule has 1 fully saturated rings. The Hall–Kier alpha value is -2.04. The molecule has 1 heterocycles. The zero-order chi connectivity index (χ0) is 14.5. The third-order valence-corrected chi connectivity index (χ3v) is 2.99. The van der Waals surface area contributed by atoms with Gasteiger partial charge >= 0.3 is 6.09 Å². The first kappa shape index (κ1) is 14.4. The minimum atomic E-state index is -0.643. The van der Waals surface area contributed by atoms with E-state index in [1.165, 1.54) is 5.56 Å². The topological polar surface area (TPSA) is 64.6 Å². The fourth-order valence-electron chi connectivity index (χ4n) is 2.08. The van der Waals surface area contributed by atoms with E-state index in [0.29, 0.717) is 6.42 Å². The second-order valence-electron chi connectivity index (χ2n) is 5.09. The number of imide groups is 1. The van der Waals surface area contributed by atoms with Crippen molar-refractivity contribution in [1.29, 1.82) is 0 Å². The first-order valence-corrected chi connectivity index (χ1v) is 6.81. The van der Waals surface area contributed by atoms with Crippen molar-refractivity contribution in [2.45, 2.75) is 45.3 Å². The number of benzene rings is 1. The molecule has 0 radical (unpaired) electrons. The average molecular weight is 277 g/mol. The summed E-state index contributed by atoms with van der Waals surface area (Å²) >= 11 is 0. The van der Waals surface area contributed by atoms with Crippen molar-refractivity contribution >= 4 is 12.0 Å². The highest BCUT2D eigenvalue weighted by atomic mass is 16.6. The number of hydrogen-bond donors (Lipinski definition) is 1. The zero-order valence-electron chi connectivity index (χ0n) is 11.7. The van der Waals surface area contributed by atoms with E-state index in [4.69, 9.17) is 9.47 Å². The number of rotatable bonds is 6. The molecular formula is C15H19NO4. The quantitative estimate of drug-likeness (QED) is 0.867. The Morgan fingerprint density at radius 3 is 2.50 bits per heavy atom. The van der Waals surface area contributed by atoms with Crippen LogP contribution in [0.1, 0.15) is 32.3 Å². The highest BCUT2D eigenvalue weighted by Crippen LogP contribution is 2.16. The molecule has 1 aromatic carbocycles. The van der Waals surface area contributed by atoms with Crippen molar-refractivity contribution in [1.82, 2.24) is 5.32 Å². The molecule has 5 heteroatoms. The van der Waals surface area contributed by atoms with Gasteiger partial charge in [0.15, 0.2) is 6.10 Å². The van der Waals surface area contributed by atoms with Gasteiger partial charge < -0.3 is 9.47 Å². The predicted octanol–water partition coefficient (Wildman–Crippen LogP) is 2.43. The number of hydrogen-bond acceptors (Lipinski definition) is 4. The standard InChI is InChI=1S/C15H19NO4/c1-10(2)19-12-8-6-11(7-9-12)4-3-5-13-14(17)16-15(18)20-13/h6-10,13H,3-5H2,1-2H3,(H,16,17,18)/t13-/m0/s1. The number of aryl methyl sites for hydroxylation is 1. The van der Waals surface area contributed by atoms with E-state index < -0.39 is 12.2 Å². The third-order valence-electron chi connectivity index (χ3n) is 2.99. The molecule has 1 aliphatic heterocycles. The monoisotopic (exact) mass is 277 g/mol. The predicted molar refractivity (Wildman–Crippen MR) is 73.6 cm³/mol. The highest BCUT2D eigenvalue weighted by Gasteiger charge is 2.31. The number of carbonyl (C=O) groups is 2. The third kappa shape index (κ3) is 3.98. The van der Waals surface area contributed by atoms with E-state index in [0.717, 1.165) is 18.6 Å². The summed E-state index contributed by atoms with van der Waals surface area (Å²) in [5.74, 6) is 0.517. The summed E-state index contributed by atoms with van der Waals surface area (Å²) in [7, 11) is 0. The molecule has 1 atom stereocenters. The number of carbonyl (C=O) groups excluding carboxylic acids is 2. The Morgan fingerprint density at radius 1 is 1.25 bits per heavy atom. The van der Waals surface area contributed by atoms with E-state index in [1.54, 1.807) is 0 Å². The Morgan fingerprint density at radius 2 is 1.95 bits per heavy atom. The van der Waals surface area contributed by atoms with Gasteiger partial charge in [0.1, 0.15) is 5.75 Å². The molecule has 1 aromatic rings. The van der Waals surface area contributed by atoms with Crippen LogP contribution in [-0.4, -0.2) is 24.2 Å². The fraction of sp³-hybridized carbons (Fsp3) is 0.467. The summed E-state index contributed by atoms with van der Waals surface area (Å²) in [6.45, 7) is 3.98. The van der Waals surface area contributed by atoms with Gasteiger partial charge in [-0.05, 0) is 50.8 Å². The number of nitrogens with one attached hydrogen (secondary N) is 1. The van der Waals surface area contributed by atoms with Crippen LogP contribution in [0.25, 0.3) is 0 Å². The summed E-state index contributed by atoms with van der Waals surface area (Å²) in [5.41, 5.74) is 1.17. The summed E-state index contributed by atoms with van der Waals surface area (Å²) in [6.07, 6.45) is 1.05. The lowest BCUT2D eigenvalue weighted by atomic mass is 10.1. The number of cyclic esters (lactones) is 1. The van der Waals surface area contributed by atoms with Gasteiger partial charge in [-0.1, -0.05) is 12.1 Å². The molecule has 1 N–H and O–H groups in total. The van der Waals surface area contributed by atoms with Crippen LogP contribution in [-0.2, 0) is 16.0 Å². The molecule has 108 valence electrons. The first-order chi connectivity index (χ1) is 9.54. The minimum Gasteiger partial charge on any atom is -0.491 e. The van der Waals surface area contributed by atoms with E-state index in [9.17, 15) is 9.59 Å². The highest BCUT2D eigenvalue weighted by molar-refractivity contribution is 5.99. The van der Waals surface area contributed by atoms with Crippen molar-refractivity contribution in [2.75, 3.05) is 0 Å². The van der Waals surface area contributed by atoms with Crippen LogP contribution >= 0.6 is 0 Å². The minimum absolute atomic E-state index is 0.163. The molecule has 2 amide bonds. The van der Waals surface area contributed by atoms with Crippen LogP contribution < -0.4 is 10.1 Å². The SMILES string of the molecule is CC(C)Oc1ccc(CCC[C@@H]2OC(=O)NC2=O)cc1. The van der Waals surface area contributed by atoms with Crippen molar-refractivity contribution in [2.24, 2.45) is 0 Å². The van der Waals surface area contributed by atoms with E-state index in [1.807, 2.05) is 38.1 Å². The van der Waals surface area contributed by atoms with Crippen LogP contribution in [0.15, 0.2) is 24.3 Å². The molecule has 20 heavy (non-hydrogen) atoms. The lowest BCUT2D eigenvalue weighted by Crippen LogP contribution is -2.24. The molecular weight excluding hydrogens is 258 g/mol. The molecule has 1 aliphatic rings. The smallest absolute Gasteiger partial charge is 0.414 e. The fourth-order valence-corrected chi connectivity index (χ4v) is 2.08. The molecule has 0 spiro atoms. The summed E-state index contributed by atoms with van der Waals surface area (Å²) < 4.78 is 10.4. The summed E-state index contributed by atoms with van der Waals surface area (Å²) in [5, 5.41) is 2.12. The van der Waals surface area contributed by atoms with Crippen LogP contribution in [0.3, 0.4) is 0 Å². The lowest BCUT2D eigenvalue weighted by molar-refractivity contribution is -0.123. The number of amides is 2. The van der Waals surface area contributed by atoms with Crippen molar-refractivity contribution in [3.63, 3.8) is 0 Å².